The van der Waals surface area contributed by atoms with Crippen molar-refractivity contribution in [2.45, 2.75) is 0 Å². The first kappa shape index (κ1) is 4.88. The van der Waals surface area contributed by atoms with E-state index in [1.165, 1.54) is 0 Å². The Balaban J connectivity index is 2.80. The molecule has 0 aliphatic heterocycles. The molecule has 0 spiro atoms. The normalized spacial score (nSPS) is 11.0. The topological polar surface area (TPSA) is 0 Å². The van der Waals surface area contributed by atoms with Crippen molar-refractivity contribution in [3.63, 3.8) is 0 Å². The third-order valence-corrected chi connectivity index (χ3v) is 0. The van der Waals surface area contributed by atoms with Crippen LogP contribution in [0.25, 0.3) is 0 Å². The lowest BCUT2D eigenvalue weighted by Gasteiger charge is -1.33. The van der Waals surface area contributed by atoms with Crippen LogP contribution < -0.4 is 0 Å². The van der Waals surface area contributed by atoms with Crippen LogP contribution in [-0.2, 0) is 11.8 Å². The molecule has 4 heavy (non-hydrogen) atoms. The van der Waals surface area contributed by atoms with Crippen molar-refractivity contribution in [3.05, 3.63) is 0 Å². The molecule has 2 atom stereocenters. The predicted molar refractivity (Wildman–Crippen MR) is 25.1 cm³/mol. The van der Waals surface area contributed by atoms with Crippen LogP contribution in [-0.4, -0.2) is 0 Å². The Labute approximate surface area is 32.4 Å². The molecule has 0 fully saturated rings. The van der Waals surface area contributed by atoms with E-state index < -0.39 is 6.70 Å². The second-order valence-corrected chi connectivity index (χ2v) is 4.35. The molecule has 0 amide bonds. The Bertz CT molecular complexity index is 29.0. The quantitative estimate of drug-likeness (QED) is 0.432. The summed E-state index contributed by atoms with van der Waals surface area (Å²) in [7, 11) is 1.87. The molecular formula is H2FP2S+. The van der Waals surface area contributed by atoms with Crippen molar-refractivity contribution in [1.82, 2.24) is 0 Å². The van der Waals surface area contributed by atoms with E-state index in [0.29, 0.717) is 0 Å². The smallest absolute Gasteiger partial charge is 0.0220 e. The average Bonchev–Trinajstić information content (AvgIpc) is 0.811. The van der Waals surface area contributed by atoms with E-state index in [0.717, 1.165) is 0 Å². The summed E-state index contributed by atoms with van der Waals surface area (Å²) in [5.41, 5.74) is 0. The van der Waals surface area contributed by atoms with E-state index in [4.69, 9.17) is 0 Å². The third-order valence-electron chi connectivity index (χ3n) is 0. The highest BCUT2D eigenvalue weighted by atomic mass is 32.6. The lowest BCUT2D eigenvalue weighted by atomic mass is 18.9. The molecule has 0 nitrogen and oxygen atoms in total. The fourth-order valence-electron chi connectivity index (χ4n) is 0. The number of rotatable bonds is 0. The highest BCUT2D eigenvalue weighted by molar-refractivity contribution is 8.31. The molecule has 0 radical (unpaired) electrons. The van der Waals surface area contributed by atoms with Gasteiger partial charge in [-0.05, 0) is 0 Å². The lowest BCUT2D eigenvalue weighted by Crippen LogP contribution is -0.948. The van der Waals surface area contributed by atoms with Gasteiger partial charge in [0.25, 0.3) is 0 Å². The van der Waals surface area contributed by atoms with E-state index >= 15 is 0 Å². The monoisotopic (exact) mass is 115 g/mol. The van der Waals surface area contributed by atoms with Crippen molar-refractivity contribution < 1.29 is 4.20 Å². The molecule has 0 aromatic heterocycles. The van der Waals surface area contributed by atoms with Crippen molar-refractivity contribution >= 4 is 27.4 Å². The van der Waals surface area contributed by atoms with Crippen molar-refractivity contribution in [1.29, 1.82) is 0 Å². The van der Waals surface area contributed by atoms with Crippen LogP contribution in [0.1, 0.15) is 0 Å². The Hall–Kier alpha value is 0.880. The number of hydrogen-bond acceptors (Lipinski definition) is 1. The summed E-state index contributed by atoms with van der Waals surface area (Å²) in [6.45, 7) is -1.62. The highest BCUT2D eigenvalue weighted by Crippen LogP contribution is 2.30. The first-order valence-corrected chi connectivity index (χ1v) is 4.47. The zero-order valence-corrected chi connectivity index (χ0v) is 4.68. The molecule has 0 bridgehead atoms. The van der Waals surface area contributed by atoms with Gasteiger partial charge < -0.3 is 0 Å². The standard InChI is InChI=1S/FH2P2S/c1-3(2)4/h2H2/q+1. The molecule has 2 unspecified atom stereocenters. The molecule has 0 rings (SSSR count). The Kier molecular flexibility index (Phi) is 2.61. The van der Waals surface area contributed by atoms with Gasteiger partial charge in [0.15, 0.2) is 0 Å². The first-order valence-electron chi connectivity index (χ1n) is 0.610. The Morgan fingerprint density at radius 3 is 2.00 bits per heavy atom. The molecule has 0 aromatic carbocycles. The van der Waals surface area contributed by atoms with E-state index in [-0.39, 0.29) is 0 Å². The van der Waals surface area contributed by atoms with Crippen molar-refractivity contribution in [3.8, 4) is 0 Å². The maximum Gasteiger partial charge on any atom is 0.406 e. The van der Waals surface area contributed by atoms with Gasteiger partial charge in [0.2, 0.25) is 11.8 Å². The number of hydrogen-bond donors (Lipinski definition) is 0. The average molecular weight is 115 g/mol. The van der Waals surface area contributed by atoms with Gasteiger partial charge in [-0.25, -0.2) is 0 Å². The van der Waals surface area contributed by atoms with Gasteiger partial charge in [-0.1, -0.05) is 0 Å². The predicted octanol–water partition coefficient (Wildman–Crippen LogP) is 1.60. The fraction of sp³-hybridized carbons (Fsp3) is 0. The van der Waals surface area contributed by atoms with E-state index in [9.17, 15) is 4.20 Å². The van der Waals surface area contributed by atoms with Gasteiger partial charge >= 0.3 is 6.70 Å². The van der Waals surface area contributed by atoms with Gasteiger partial charge in [-0.3, -0.25) is 0 Å². The SMILES string of the molecule is F[P+](P)=S. The summed E-state index contributed by atoms with van der Waals surface area (Å²) in [6.07, 6.45) is 0. The zero-order valence-electron chi connectivity index (χ0n) is 1.81. The largest absolute Gasteiger partial charge is 0.406 e. The first-order chi connectivity index (χ1) is 1.73. The minimum atomic E-state index is -1.62. The zero-order chi connectivity index (χ0) is 3.58. The van der Waals surface area contributed by atoms with Crippen LogP contribution in [0.5, 0.6) is 0 Å². The second kappa shape index (κ2) is 2.14. The van der Waals surface area contributed by atoms with Gasteiger partial charge in [0.1, 0.15) is 8.93 Å². The minimum Gasteiger partial charge on any atom is 0.0220 e. The molecule has 24 valence electrons. The molecule has 0 saturated heterocycles. The van der Waals surface area contributed by atoms with Gasteiger partial charge in [0, 0.05) is 4.20 Å². The van der Waals surface area contributed by atoms with Crippen LogP contribution >= 0.6 is 15.6 Å². The van der Waals surface area contributed by atoms with E-state index in [1.54, 1.807) is 0 Å². The van der Waals surface area contributed by atoms with Gasteiger partial charge in [-0.2, -0.15) is 0 Å². The molecule has 0 heterocycles. The van der Waals surface area contributed by atoms with Crippen LogP contribution in [0.3, 0.4) is 0 Å². The van der Waals surface area contributed by atoms with Crippen molar-refractivity contribution in [2.75, 3.05) is 0 Å². The van der Waals surface area contributed by atoms with Crippen molar-refractivity contribution in [2.24, 2.45) is 0 Å². The third kappa shape index (κ3) is 13.1. The molecule has 0 aliphatic carbocycles. The second-order valence-electron chi connectivity index (χ2n) is 0.272. The maximum atomic E-state index is 10.8. The van der Waals surface area contributed by atoms with Crippen LogP contribution in [0.2, 0.25) is 0 Å². The summed E-state index contributed by atoms with van der Waals surface area (Å²) in [5.74, 6) is 0. The summed E-state index contributed by atoms with van der Waals surface area (Å²) < 4.78 is 10.8. The molecule has 0 saturated carbocycles. The van der Waals surface area contributed by atoms with E-state index in [2.05, 4.69) is 11.8 Å². The minimum absolute atomic E-state index is 1.62. The summed E-state index contributed by atoms with van der Waals surface area (Å²) in [6, 6.07) is 0. The molecule has 4 heteroatoms. The van der Waals surface area contributed by atoms with E-state index in [1.807, 2.05) is 8.93 Å². The molecule has 0 aromatic rings. The number of halogens is 1. The maximum absolute atomic E-state index is 10.8. The Morgan fingerprint density at radius 2 is 2.00 bits per heavy atom. The summed E-state index contributed by atoms with van der Waals surface area (Å²) in [5, 5.41) is 0. The fourth-order valence-corrected chi connectivity index (χ4v) is 0. The van der Waals surface area contributed by atoms with Crippen LogP contribution in [0, 0.1) is 0 Å². The van der Waals surface area contributed by atoms with Gasteiger partial charge in [-0.15, -0.1) is 0 Å². The lowest BCUT2D eigenvalue weighted by molar-refractivity contribution is 0.934. The van der Waals surface area contributed by atoms with Crippen LogP contribution in [0.15, 0.2) is 0 Å². The summed E-state index contributed by atoms with van der Waals surface area (Å²) in [4.78, 5) is 0. The van der Waals surface area contributed by atoms with Crippen LogP contribution in [0.4, 0.5) is 4.20 Å². The molecule has 0 N–H and O–H groups in total. The van der Waals surface area contributed by atoms with Gasteiger partial charge in [0.05, 0.1) is 0 Å². The Morgan fingerprint density at radius 1 is 2.00 bits per heavy atom. The highest BCUT2D eigenvalue weighted by Gasteiger charge is 1.85. The molecule has 0 aliphatic rings. The molecular weight excluding hydrogens is 113 g/mol. The summed E-state index contributed by atoms with van der Waals surface area (Å²) >= 11 is 3.98.